The molecule has 2 amide bonds. The molecule has 2 atom stereocenters. The Kier molecular flexibility index (Phi) is 7.53. The van der Waals surface area contributed by atoms with Gasteiger partial charge in [-0.1, -0.05) is 56.3 Å². The highest BCUT2D eigenvalue weighted by atomic mass is 19.1. The molecular formula is C22H27FN2O2. The largest absolute Gasteiger partial charge is 0.352 e. The Balaban J connectivity index is 1.94. The minimum absolute atomic E-state index is 0.0377. The van der Waals surface area contributed by atoms with E-state index in [9.17, 15) is 14.0 Å². The zero-order chi connectivity index (χ0) is 19.8. The summed E-state index contributed by atoms with van der Waals surface area (Å²) in [6, 6.07) is 15.0. The Morgan fingerprint density at radius 1 is 0.926 bits per heavy atom. The molecule has 0 saturated carbocycles. The molecule has 4 nitrogen and oxygen atoms in total. The number of hydrogen-bond donors (Lipinski definition) is 2. The van der Waals surface area contributed by atoms with Crippen LogP contribution in [0.1, 0.15) is 43.1 Å². The maximum Gasteiger partial charge on any atom is 0.254 e. The number of carbonyl (C=O) groups excluding carboxylic acids is 2. The Morgan fingerprint density at radius 3 is 2.19 bits per heavy atom. The van der Waals surface area contributed by atoms with Crippen molar-refractivity contribution < 1.29 is 14.0 Å². The van der Waals surface area contributed by atoms with Crippen LogP contribution in [0.15, 0.2) is 54.6 Å². The first-order valence-corrected chi connectivity index (χ1v) is 9.28. The van der Waals surface area contributed by atoms with Gasteiger partial charge in [-0.15, -0.1) is 0 Å². The maximum atomic E-state index is 13.8. The van der Waals surface area contributed by atoms with Crippen LogP contribution in [-0.2, 0) is 11.2 Å². The summed E-state index contributed by atoms with van der Waals surface area (Å²) in [6.45, 7) is 5.64. The first-order valence-electron chi connectivity index (χ1n) is 9.28. The number of hydrogen-bond acceptors (Lipinski definition) is 2. The summed E-state index contributed by atoms with van der Waals surface area (Å²) in [6.07, 6.45) is 1.65. The summed E-state index contributed by atoms with van der Waals surface area (Å²) >= 11 is 0. The number of aryl methyl sites for hydroxylation is 1. The minimum Gasteiger partial charge on any atom is -0.352 e. The van der Waals surface area contributed by atoms with E-state index in [2.05, 4.69) is 22.8 Å². The van der Waals surface area contributed by atoms with Crippen molar-refractivity contribution in [1.82, 2.24) is 10.6 Å². The van der Waals surface area contributed by atoms with E-state index >= 15 is 0 Å². The highest BCUT2D eigenvalue weighted by Gasteiger charge is 2.26. The van der Waals surface area contributed by atoms with Crippen LogP contribution in [0.5, 0.6) is 0 Å². The molecule has 2 N–H and O–H groups in total. The van der Waals surface area contributed by atoms with Gasteiger partial charge in [-0.2, -0.15) is 0 Å². The van der Waals surface area contributed by atoms with Crippen molar-refractivity contribution in [2.24, 2.45) is 5.92 Å². The SMILES string of the molecule is CC(CCc1ccccc1)NC(=O)C(NC(=O)c1ccccc1F)C(C)C. The predicted octanol–water partition coefficient (Wildman–Crippen LogP) is 3.72. The molecule has 0 aliphatic heterocycles. The average Bonchev–Trinajstić information content (AvgIpc) is 2.65. The van der Waals surface area contributed by atoms with E-state index in [1.807, 2.05) is 39.0 Å². The van der Waals surface area contributed by atoms with Crippen LogP contribution in [0.3, 0.4) is 0 Å². The Hall–Kier alpha value is -2.69. The highest BCUT2D eigenvalue weighted by molar-refractivity contribution is 5.97. The number of nitrogens with one attached hydrogen (secondary N) is 2. The van der Waals surface area contributed by atoms with Gasteiger partial charge in [0.15, 0.2) is 0 Å². The molecule has 0 aliphatic rings. The molecule has 0 bridgehead atoms. The first-order chi connectivity index (χ1) is 12.9. The fourth-order valence-corrected chi connectivity index (χ4v) is 2.83. The Labute approximate surface area is 160 Å². The zero-order valence-corrected chi connectivity index (χ0v) is 16.0. The van der Waals surface area contributed by atoms with Gasteiger partial charge in [0.25, 0.3) is 5.91 Å². The van der Waals surface area contributed by atoms with Crippen molar-refractivity contribution in [3.8, 4) is 0 Å². The van der Waals surface area contributed by atoms with E-state index in [0.717, 1.165) is 12.8 Å². The van der Waals surface area contributed by atoms with E-state index in [4.69, 9.17) is 0 Å². The topological polar surface area (TPSA) is 58.2 Å². The van der Waals surface area contributed by atoms with Crippen molar-refractivity contribution >= 4 is 11.8 Å². The lowest BCUT2D eigenvalue weighted by Crippen LogP contribution is -2.51. The van der Waals surface area contributed by atoms with E-state index in [1.165, 1.54) is 23.8 Å². The van der Waals surface area contributed by atoms with Gasteiger partial charge in [0.1, 0.15) is 11.9 Å². The molecule has 0 aromatic heterocycles. The number of rotatable bonds is 8. The van der Waals surface area contributed by atoms with Crippen LogP contribution >= 0.6 is 0 Å². The molecule has 0 spiro atoms. The van der Waals surface area contributed by atoms with Crippen LogP contribution in [0.25, 0.3) is 0 Å². The lowest BCUT2D eigenvalue weighted by atomic mass is 10.0. The van der Waals surface area contributed by atoms with Gasteiger partial charge in [-0.25, -0.2) is 4.39 Å². The summed E-state index contributed by atoms with van der Waals surface area (Å²) in [4.78, 5) is 25.0. The number of benzene rings is 2. The maximum absolute atomic E-state index is 13.8. The van der Waals surface area contributed by atoms with Crippen molar-refractivity contribution in [2.75, 3.05) is 0 Å². The Bertz CT molecular complexity index is 762. The molecule has 144 valence electrons. The van der Waals surface area contributed by atoms with Crippen molar-refractivity contribution in [2.45, 2.75) is 45.7 Å². The number of halogens is 1. The highest BCUT2D eigenvalue weighted by Crippen LogP contribution is 2.10. The summed E-state index contributed by atoms with van der Waals surface area (Å²) in [7, 11) is 0. The summed E-state index contributed by atoms with van der Waals surface area (Å²) in [5.41, 5.74) is 1.15. The predicted molar refractivity (Wildman–Crippen MR) is 105 cm³/mol. The van der Waals surface area contributed by atoms with Gasteiger partial charge in [0.2, 0.25) is 5.91 Å². The van der Waals surface area contributed by atoms with Gasteiger partial charge in [-0.3, -0.25) is 9.59 Å². The summed E-state index contributed by atoms with van der Waals surface area (Å²) in [5.74, 6) is -1.56. The van der Waals surface area contributed by atoms with Gasteiger partial charge in [0.05, 0.1) is 5.56 Å². The molecule has 2 aromatic carbocycles. The monoisotopic (exact) mass is 370 g/mol. The quantitative estimate of drug-likeness (QED) is 0.744. The molecule has 5 heteroatoms. The second-order valence-corrected chi connectivity index (χ2v) is 7.11. The standard InChI is InChI=1S/C22H27FN2O2/c1-15(2)20(25-21(26)18-11-7-8-12-19(18)23)22(27)24-16(3)13-14-17-9-5-4-6-10-17/h4-12,15-16,20H,13-14H2,1-3H3,(H,24,27)(H,25,26). The van der Waals surface area contributed by atoms with Gasteiger partial charge < -0.3 is 10.6 Å². The van der Waals surface area contributed by atoms with Crippen LogP contribution in [-0.4, -0.2) is 23.9 Å². The fraction of sp³-hybridized carbons (Fsp3) is 0.364. The molecule has 2 aromatic rings. The summed E-state index contributed by atoms with van der Waals surface area (Å²) in [5, 5.41) is 5.62. The third-order valence-corrected chi connectivity index (χ3v) is 4.45. The second kappa shape index (κ2) is 9.86. The summed E-state index contributed by atoms with van der Waals surface area (Å²) < 4.78 is 13.8. The van der Waals surface area contributed by atoms with Crippen LogP contribution in [0, 0.1) is 11.7 Å². The zero-order valence-electron chi connectivity index (χ0n) is 16.0. The molecular weight excluding hydrogens is 343 g/mol. The smallest absolute Gasteiger partial charge is 0.254 e. The molecule has 0 aliphatic carbocycles. The second-order valence-electron chi connectivity index (χ2n) is 7.11. The average molecular weight is 370 g/mol. The van der Waals surface area contributed by atoms with Gasteiger partial charge in [-0.05, 0) is 43.4 Å². The lowest BCUT2D eigenvalue weighted by Gasteiger charge is -2.24. The van der Waals surface area contributed by atoms with Crippen LogP contribution < -0.4 is 10.6 Å². The van der Waals surface area contributed by atoms with E-state index in [0.29, 0.717) is 0 Å². The van der Waals surface area contributed by atoms with Gasteiger partial charge >= 0.3 is 0 Å². The lowest BCUT2D eigenvalue weighted by molar-refractivity contribution is -0.124. The molecule has 0 radical (unpaired) electrons. The van der Waals surface area contributed by atoms with E-state index in [-0.39, 0.29) is 23.4 Å². The number of amides is 2. The first kappa shape index (κ1) is 20.6. The molecule has 0 heterocycles. The van der Waals surface area contributed by atoms with Gasteiger partial charge in [0, 0.05) is 6.04 Å². The third kappa shape index (κ3) is 6.20. The van der Waals surface area contributed by atoms with E-state index in [1.54, 1.807) is 6.07 Å². The Morgan fingerprint density at radius 2 is 1.56 bits per heavy atom. The van der Waals surface area contributed by atoms with Crippen molar-refractivity contribution in [1.29, 1.82) is 0 Å². The normalized spacial score (nSPS) is 13.1. The fourth-order valence-electron chi connectivity index (χ4n) is 2.83. The third-order valence-electron chi connectivity index (χ3n) is 4.45. The molecule has 2 rings (SSSR count). The molecule has 0 fully saturated rings. The minimum atomic E-state index is -0.726. The van der Waals surface area contributed by atoms with E-state index < -0.39 is 17.8 Å². The molecule has 0 saturated heterocycles. The van der Waals surface area contributed by atoms with Crippen LogP contribution in [0.2, 0.25) is 0 Å². The molecule has 27 heavy (non-hydrogen) atoms. The van der Waals surface area contributed by atoms with Crippen molar-refractivity contribution in [3.63, 3.8) is 0 Å². The van der Waals surface area contributed by atoms with Crippen LogP contribution in [0.4, 0.5) is 4.39 Å². The molecule has 2 unspecified atom stereocenters. The number of carbonyl (C=O) groups is 2. The van der Waals surface area contributed by atoms with Crippen molar-refractivity contribution in [3.05, 3.63) is 71.5 Å².